The van der Waals surface area contributed by atoms with E-state index in [2.05, 4.69) is 11.2 Å². The number of carbonyl (C=O) groups is 2. The van der Waals surface area contributed by atoms with E-state index in [1.165, 1.54) is 0 Å². The molecule has 1 aliphatic rings. The number of benzene rings is 2. The molecule has 0 amide bonds. The summed E-state index contributed by atoms with van der Waals surface area (Å²) >= 11 is 0. The highest BCUT2D eigenvalue weighted by molar-refractivity contribution is 6.02. The maximum Gasteiger partial charge on any atom is 0.338 e. The molecule has 4 rings (SSSR count). The lowest BCUT2D eigenvalue weighted by Crippen LogP contribution is -2.36. The molecule has 0 radical (unpaired) electrons. The largest absolute Gasteiger partial charge is 0.463 e. The van der Waals surface area contributed by atoms with Crippen molar-refractivity contribution in [3.63, 3.8) is 0 Å². The van der Waals surface area contributed by atoms with Gasteiger partial charge in [-0.05, 0) is 32.0 Å². The van der Waals surface area contributed by atoms with Gasteiger partial charge in [0.05, 0.1) is 34.4 Å². The summed E-state index contributed by atoms with van der Waals surface area (Å²) < 4.78 is 16.6. The number of terminal acetylenes is 1. The van der Waals surface area contributed by atoms with E-state index < -0.39 is 17.9 Å². The molecule has 8 nitrogen and oxygen atoms in total. The van der Waals surface area contributed by atoms with Crippen LogP contribution >= 0.6 is 0 Å². The van der Waals surface area contributed by atoms with Gasteiger partial charge < -0.3 is 24.9 Å². The summed E-state index contributed by atoms with van der Waals surface area (Å²) in [5, 5.41) is 3.57. The van der Waals surface area contributed by atoms with Gasteiger partial charge in [0.2, 0.25) is 5.43 Å². The molecule has 1 aromatic heterocycles. The Morgan fingerprint density at radius 3 is 2.53 bits per heavy atom. The van der Waals surface area contributed by atoms with Crippen molar-refractivity contribution in [3.8, 4) is 12.3 Å². The van der Waals surface area contributed by atoms with Crippen molar-refractivity contribution in [1.82, 2.24) is 5.32 Å². The Morgan fingerprint density at radius 1 is 1.09 bits per heavy atom. The SMILES string of the molecule is C#CCOC(=O)C1=C(C)NC(N)=C(C(=O)OCC)C1c1cccc2c(=O)c3ccccc3oc12. The fraction of sp³-hybridized carbons (Fsp3) is 0.192. The quantitative estimate of drug-likeness (QED) is 0.340. The van der Waals surface area contributed by atoms with Gasteiger partial charge in [0, 0.05) is 11.3 Å². The first-order chi connectivity index (χ1) is 16.4. The second-order valence-corrected chi connectivity index (χ2v) is 7.58. The fourth-order valence-corrected chi connectivity index (χ4v) is 4.13. The van der Waals surface area contributed by atoms with Crippen molar-refractivity contribution in [3.05, 3.63) is 80.9 Å². The molecule has 1 aliphatic heterocycles. The van der Waals surface area contributed by atoms with Gasteiger partial charge >= 0.3 is 11.9 Å². The summed E-state index contributed by atoms with van der Waals surface area (Å²) in [7, 11) is 0. The zero-order chi connectivity index (χ0) is 24.4. The normalized spacial score (nSPS) is 15.7. The topological polar surface area (TPSA) is 121 Å². The van der Waals surface area contributed by atoms with Crippen molar-refractivity contribution in [2.24, 2.45) is 5.73 Å². The minimum atomic E-state index is -1.03. The first kappa shape index (κ1) is 22.7. The summed E-state index contributed by atoms with van der Waals surface area (Å²) in [5.74, 6) is -0.202. The van der Waals surface area contributed by atoms with Crippen molar-refractivity contribution >= 4 is 33.9 Å². The summed E-state index contributed by atoms with van der Waals surface area (Å²) in [6.07, 6.45) is 5.26. The molecule has 2 heterocycles. The van der Waals surface area contributed by atoms with Crippen molar-refractivity contribution < 1.29 is 23.5 Å². The highest BCUT2D eigenvalue weighted by Gasteiger charge is 2.40. The van der Waals surface area contributed by atoms with Crippen LogP contribution in [-0.2, 0) is 19.1 Å². The van der Waals surface area contributed by atoms with Crippen LogP contribution in [-0.4, -0.2) is 25.2 Å². The molecule has 1 unspecified atom stereocenters. The van der Waals surface area contributed by atoms with E-state index in [-0.39, 0.29) is 41.2 Å². The van der Waals surface area contributed by atoms with Crippen molar-refractivity contribution in [2.45, 2.75) is 19.8 Å². The van der Waals surface area contributed by atoms with Gasteiger partial charge in [-0.25, -0.2) is 9.59 Å². The smallest absolute Gasteiger partial charge is 0.338 e. The molecule has 0 spiro atoms. The van der Waals surface area contributed by atoms with E-state index >= 15 is 0 Å². The predicted molar refractivity (Wildman–Crippen MR) is 126 cm³/mol. The Kier molecular flexibility index (Phi) is 6.11. The number of ether oxygens (including phenoxy) is 2. The van der Waals surface area contributed by atoms with Gasteiger partial charge in [-0.15, -0.1) is 6.42 Å². The number of esters is 2. The molecule has 8 heteroatoms. The lowest BCUT2D eigenvalue weighted by molar-refractivity contribution is -0.139. The third-order valence-corrected chi connectivity index (χ3v) is 5.54. The first-order valence-corrected chi connectivity index (χ1v) is 10.6. The molecule has 0 fully saturated rings. The third kappa shape index (κ3) is 3.77. The number of allylic oxidation sites excluding steroid dienone is 1. The predicted octanol–water partition coefficient (Wildman–Crippen LogP) is 2.82. The Hall–Kier alpha value is -4.51. The highest BCUT2D eigenvalue weighted by Crippen LogP contribution is 2.41. The molecule has 3 N–H and O–H groups in total. The maximum atomic E-state index is 13.2. The minimum absolute atomic E-state index is 0.00316. The molecule has 0 bridgehead atoms. The fourth-order valence-electron chi connectivity index (χ4n) is 4.13. The first-order valence-electron chi connectivity index (χ1n) is 10.6. The number of rotatable bonds is 5. The van der Waals surface area contributed by atoms with Gasteiger partial charge in [-0.1, -0.05) is 30.2 Å². The van der Waals surface area contributed by atoms with E-state index in [1.54, 1.807) is 56.3 Å². The van der Waals surface area contributed by atoms with Crippen LogP contribution in [0.25, 0.3) is 21.9 Å². The Bertz CT molecular complexity index is 1490. The Balaban J connectivity index is 2.04. The Labute approximate surface area is 195 Å². The van der Waals surface area contributed by atoms with Gasteiger partial charge in [0.1, 0.15) is 17.0 Å². The number of nitrogens with two attached hydrogens (primary N) is 1. The zero-order valence-electron chi connectivity index (χ0n) is 18.6. The van der Waals surface area contributed by atoms with E-state index in [9.17, 15) is 14.4 Å². The summed E-state index contributed by atoms with van der Waals surface area (Å²) in [6, 6.07) is 11.8. The number of nitrogens with one attached hydrogen (secondary N) is 1. The van der Waals surface area contributed by atoms with Gasteiger partial charge in [-0.2, -0.15) is 0 Å². The monoisotopic (exact) mass is 458 g/mol. The van der Waals surface area contributed by atoms with Crippen LogP contribution in [0, 0.1) is 12.3 Å². The molecule has 1 atom stereocenters. The molecular weight excluding hydrogens is 436 g/mol. The minimum Gasteiger partial charge on any atom is -0.463 e. The van der Waals surface area contributed by atoms with E-state index in [4.69, 9.17) is 26.0 Å². The van der Waals surface area contributed by atoms with Gasteiger partial charge in [0.25, 0.3) is 0 Å². The lowest BCUT2D eigenvalue weighted by atomic mass is 9.80. The lowest BCUT2D eigenvalue weighted by Gasteiger charge is -2.30. The van der Waals surface area contributed by atoms with Crippen LogP contribution < -0.4 is 16.5 Å². The van der Waals surface area contributed by atoms with Crippen LogP contribution in [0.4, 0.5) is 0 Å². The third-order valence-electron chi connectivity index (χ3n) is 5.54. The maximum absolute atomic E-state index is 13.2. The Morgan fingerprint density at radius 2 is 1.79 bits per heavy atom. The molecular formula is C26H22N2O6. The summed E-state index contributed by atoms with van der Waals surface area (Å²) in [4.78, 5) is 39.3. The number of hydrogen-bond donors (Lipinski definition) is 2. The van der Waals surface area contributed by atoms with E-state index in [0.29, 0.717) is 27.6 Å². The second-order valence-electron chi connectivity index (χ2n) is 7.58. The zero-order valence-corrected chi connectivity index (χ0v) is 18.6. The summed E-state index contributed by atoms with van der Waals surface area (Å²) in [6.45, 7) is 3.12. The van der Waals surface area contributed by atoms with Crippen molar-refractivity contribution in [1.29, 1.82) is 0 Å². The van der Waals surface area contributed by atoms with Gasteiger partial charge in [0.15, 0.2) is 6.61 Å². The number of carbonyl (C=O) groups excluding carboxylic acids is 2. The van der Waals surface area contributed by atoms with Gasteiger partial charge in [-0.3, -0.25) is 4.79 Å². The van der Waals surface area contributed by atoms with Crippen molar-refractivity contribution in [2.75, 3.05) is 13.2 Å². The molecule has 34 heavy (non-hydrogen) atoms. The average molecular weight is 458 g/mol. The molecule has 172 valence electrons. The highest BCUT2D eigenvalue weighted by atomic mass is 16.5. The van der Waals surface area contributed by atoms with E-state index in [1.807, 2.05) is 0 Å². The summed E-state index contributed by atoms with van der Waals surface area (Å²) in [5.41, 5.74) is 7.44. The number of fused-ring (bicyclic) bond motifs is 2. The number of para-hydroxylation sites is 2. The molecule has 0 saturated heterocycles. The second kappa shape index (κ2) is 9.16. The van der Waals surface area contributed by atoms with Crippen LogP contribution in [0.5, 0.6) is 0 Å². The molecule has 3 aromatic rings. The number of dihydropyridines is 1. The van der Waals surface area contributed by atoms with Crippen LogP contribution in [0.3, 0.4) is 0 Å². The average Bonchev–Trinajstić information content (AvgIpc) is 2.82. The van der Waals surface area contributed by atoms with E-state index in [0.717, 1.165) is 0 Å². The van der Waals surface area contributed by atoms with Crippen LogP contribution in [0.15, 0.2) is 74.3 Å². The molecule has 0 saturated carbocycles. The standard InChI is InChI=1S/C26H22N2O6/c1-4-13-33-25(30)19-14(3)28-24(27)21(26(31)32-5-2)20(19)16-10-8-11-17-22(29)15-9-6-7-12-18(15)34-23(16)17/h1,6-12,20,28H,5,13,27H2,2-3H3. The molecule has 2 aromatic carbocycles. The van der Waals surface area contributed by atoms with Crippen LogP contribution in [0.1, 0.15) is 25.3 Å². The number of hydrogen-bond acceptors (Lipinski definition) is 8. The molecule has 0 aliphatic carbocycles. The van der Waals surface area contributed by atoms with Crippen LogP contribution in [0.2, 0.25) is 0 Å².